The van der Waals surface area contributed by atoms with Gasteiger partial charge >= 0.3 is 0 Å². The summed E-state index contributed by atoms with van der Waals surface area (Å²) in [6.07, 6.45) is 5.95. The lowest BCUT2D eigenvalue weighted by Crippen LogP contribution is -2.32. The monoisotopic (exact) mass is 322 g/mol. The van der Waals surface area contributed by atoms with Crippen molar-refractivity contribution in [2.24, 2.45) is 5.92 Å². The van der Waals surface area contributed by atoms with Crippen molar-refractivity contribution >= 4 is 0 Å². The molecule has 3 atom stereocenters. The number of aryl methyl sites for hydroxylation is 1. The second-order valence-corrected chi connectivity index (χ2v) is 6.98. The third-order valence-corrected chi connectivity index (χ3v) is 5.29. The van der Waals surface area contributed by atoms with Crippen molar-refractivity contribution < 1.29 is 14.2 Å². The van der Waals surface area contributed by atoms with Crippen molar-refractivity contribution in [2.45, 2.75) is 77.4 Å². The van der Waals surface area contributed by atoms with Crippen LogP contribution in [0.4, 0.5) is 4.39 Å². The highest BCUT2D eigenvalue weighted by molar-refractivity contribution is 5.27. The Labute approximate surface area is 140 Å². The molecule has 2 rings (SSSR count). The molecule has 0 aliphatic heterocycles. The summed E-state index contributed by atoms with van der Waals surface area (Å²) >= 11 is 0. The summed E-state index contributed by atoms with van der Waals surface area (Å²) in [4.78, 5) is 0. The van der Waals surface area contributed by atoms with Gasteiger partial charge in [0.25, 0.3) is 0 Å². The third-order valence-electron chi connectivity index (χ3n) is 5.29. The molecule has 0 spiro atoms. The van der Waals surface area contributed by atoms with Crippen LogP contribution in [0.25, 0.3) is 0 Å². The summed E-state index contributed by atoms with van der Waals surface area (Å²) in [6.45, 7) is 6.81. The predicted octanol–water partition coefficient (Wildman–Crippen LogP) is 5.19. The van der Waals surface area contributed by atoms with E-state index < -0.39 is 5.79 Å². The zero-order chi connectivity index (χ0) is 16.9. The van der Waals surface area contributed by atoms with E-state index in [1.165, 1.54) is 0 Å². The zero-order valence-corrected chi connectivity index (χ0v) is 14.8. The van der Waals surface area contributed by atoms with Gasteiger partial charge in [0.1, 0.15) is 5.82 Å². The first-order valence-electron chi connectivity index (χ1n) is 9.13. The minimum atomic E-state index is -0.977. The molecule has 1 saturated carbocycles. The SMILES string of the molecule is CCCOC1(O)CCCC(C(C)c2ccc(CC)cc2F)CC1. The van der Waals surface area contributed by atoms with Gasteiger partial charge in [-0.05, 0) is 61.1 Å². The smallest absolute Gasteiger partial charge is 0.165 e. The first kappa shape index (κ1) is 18.4. The van der Waals surface area contributed by atoms with Gasteiger partial charge in [0.15, 0.2) is 5.79 Å². The number of hydrogen-bond acceptors (Lipinski definition) is 2. The van der Waals surface area contributed by atoms with Crippen LogP contribution in [0.2, 0.25) is 0 Å². The second kappa shape index (κ2) is 8.25. The van der Waals surface area contributed by atoms with Crippen LogP contribution in [0.15, 0.2) is 18.2 Å². The van der Waals surface area contributed by atoms with Crippen molar-refractivity contribution in [1.82, 2.24) is 0 Å². The largest absolute Gasteiger partial charge is 0.365 e. The van der Waals surface area contributed by atoms with Gasteiger partial charge in [-0.3, -0.25) is 0 Å². The van der Waals surface area contributed by atoms with Crippen LogP contribution >= 0.6 is 0 Å². The summed E-state index contributed by atoms with van der Waals surface area (Å²) in [6, 6.07) is 5.65. The molecule has 0 heterocycles. The Hall–Kier alpha value is -0.930. The fourth-order valence-corrected chi connectivity index (χ4v) is 3.67. The fraction of sp³-hybridized carbons (Fsp3) is 0.700. The molecular weight excluding hydrogens is 291 g/mol. The van der Waals surface area contributed by atoms with E-state index in [-0.39, 0.29) is 11.7 Å². The second-order valence-electron chi connectivity index (χ2n) is 6.98. The molecule has 130 valence electrons. The standard InChI is InChI=1S/C20H31FO2/c1-4-13-23-20(22)11-6-7-17(10-12-20)15(3)18-9-8-16(5-2)14-19(18)21/h8-9,14-15,17,22H,4-7,10-13H2,1-3H3. The van der Waals surface area contributed by atoms with E-state index >= 15 is 0 Å². The number of hydrogen-bond donors (Lipinski definition) is 1. The van der Waals surface area contributed by atoms with E-state index in [0.717, 1.165) is 43.2 Å². The minimum absolute atomic E-state index is 0.0846. The maximum atomic E-state index is 14.4. The highest BCUT2D eigenvalue weighted by Crippen LogP contribution is 2.39. The Balaban J connectivity index is 2.04. The van der Waals surface area contributed by atoms with Crippen molar-refractivity contribution in [3.8, 4) is 0 Å². The normalized spacial score (nSPS) is 26.7. The van der Waals surface area contributed by atoms with Gasteiger partial charge < -0.3 is 9.84 Å². The van der Waals surface area contributed by atoms with Crippen LogP contribution in [-0.4, -0.2) is 17.5 Å². The van der Waals surface area contributed by atoms with Crippen LogP contribution in [0.5, 0.6) is 0 Å². The molecule has 1 fully saturated rings. The molecule has 0 aromatic heterocycles. The highest BCUT2D eigenvalue weighted by Gasteiger charge is 2.33. The van der Waals surface area contributed by atoms with E-state index in [0.29, 0.717) is 25.4 Å². The number of aliphatic hydroxyl groups is 1. The van der Waals surface area contributed by atoms with Crippen LogP contribution in [0.1, 0.15) is 76.3 Å². The van der Waals surface area contributed by atoms with Crippen molar-refractivity contribution in [2.75, 3.05) is 6.61 Å². The van der Waals surface area contributed by atoms with E-state index in [9.17, 15) is 9.50 Å². The number of ether oxygens (including phenoxy) is 1. The zero-order valence-electron chi connectivity index (χ0n) is 14.8. The predicted molar refractivity (Wildman–Crippen MR) is 92.0 cm³/mol. The van der Waals surface area contributed by atoms with Gasteiger partial charge in [-0.1, -0.05) is 32.9 Å². The van der Waals surface area contributed by atoms with Gasteiger partial charge in [0, 0.05) is 19.4 Å². The highest BCUT2D eigenvalue weighted by atomic mass is 19.1. The topological polar surface area (TPSA) is 29.5 Å². The molecule has 1 N–H and O–H groups in total. The van der Waals surface area contributed by atoms with E-state index in [4.69, 9.17) is 4.74 Å². The lowest BCUT2D eigenvalue weighted by Gasteiger charge is -2.27. The number of halogens is 1. The summed E-state index contributed by atoms with van der Waals surface area (Å²) < 4.78 is 20.1. The van der Waals surface area contributed by atoms with Crippen LogP contribution in [0.3, 0.4) is 0 Å². The average Bonchev–Trinajstić information content (AvgIpc) is 2.74. The maximum Gasteiger partial charge on any atom is 0.165 e. The van der Waals surface area contributed by atoms with Crippen molar-refractivity contribution in [3.63, 3.8) is 0 Å². The lowest BCUT2D eigenvalue weighted by atomic mass is 9.82. The molecule has 0 radical (unpaired) electrons. The Morgan fingerprint density at radius 3 is 2.74 bits per heavy atom. The average molecular weight is 322 g/mol. The summed E-state index contributed by atoms with van der Waals surface area (Å²) in [5, 5.41) is 10.6. The van der Waals surface area contributed by atoms with Gasteiger partial charge in [0.2, 0.25) is 0 Å². The molecule has 1 aromatic carbocycles. The first-order valence-corrected chi connectivity index (χ1v) is 9.13. The Morgan fingerprint density at radius 1 is 1.30 bits per heavy atom. The molecule has 3 heteroatoms. The molecular formula is C20H31FO2. The quantitative estimate of drug-likeness (QED) is 0.577. The molecule has 0 amide bonds. The Morgan fingerprint density at radius 2 is 2.09 bits per heavy atom. The molecule has 23 heavy (non-hydrogen) atoms. The Bertz CT molecular complexity index is 502. The molecule has 0 saturated heterocycles. The van der Waals surface area contributed by atoms with Crippen LogP contribution < -0.4 is 0 Å². The minimum Gasteiger partial charge on any atom is -0.365 e. The summed E-state index contributed by atoms with van der Waals surface area (Å²) in [7, 11) is 0. The third kappa shape index (κ3) is 4.77. The molecule has 1 aromatic rings. The molecule has 1 aliphatic carbocycles. The number of rotatable bonds is 6. The molecule has 3 unspecified atom stereocenters. The van der Waals surface area contributed by atoms with Crippen molar-refractivity contribution in [1.29, 1.82) is 0 Å². The first-order chi connectivity index (χ1) is 11.0. The van der Waals surface area contributed by atoms with E-state index in [1.807, 2.05) is 26.0 Å². The summed E-state index contributed by atoms with van der Waals surface area (Å²) in [5.41, 5.74) is 1.86. The van der Waals surface area contributed by atoms with Crippen molar-refractivity contribution in [3.05, 3.63) is 35.1 Å². The Kier molecular flexibility index (Phi) is 6.60. The molecule has 0 bridgehead atoms. The van der Waals surface area contributed by atoms with E-state index in [1.54, 1.807) is 6.07 Å². The number of benzene rings is 1. The van der Waals surface area contributed by atoms with Gasteiger partial charge in [-0.2, -0.15) is 0 Å². The van der Waals surface area contributed by atoms with Gasteiger partial charge in [0.05, 0.1) is 0 Å². The maximum absolute atomic E-state index is 14.4. The van der Waals surface area contributed by atoms with Gasteiger partial charge in [-0.25, -0.2) is 4.39 Å². The lowest BCUT2D eigenvalue weighted by molar-refractivity contribution is -0.210. The van der Waals surface area contributed by atoms with Crippen LogP contribution in [-0.2, 0) is 11.2 Å². The summed E-state index contributed by atoms with van der Waals surface area (Å²) in [5.74, 6) is -0.487. The fourth-order valence-electron chi connectivity index (χ4n) is 3.67. The van der Waals surface area contributed by atoms with Crippen LogP contribution in [0, 0.1) is 11.7 Å². The molecule has 2 nitrogen and oxygen atoms in total. The van der Waals surface area contributed by atoms with Gasteiger partial charge in [-0.15, -0.1) is 0 Å². The molecule has 1 aliphatic rings. The van der Waals surface area contributed by atoms with E-state index in [2.05, 4.69) is 6.92 Å².